The predicted octanol–water partition coefficient (Wildman–Crippen LogP) is 5.32. The first-order valence-corrected chi connectivity index (χ1v) is 10.4. The van der Waals surface area contributed by atoms with Gasteiger partial charge in [-0.25, -0.2) is 9.07 Å². The van der Waals surface area contributed by atoms with Gasteiger partial charge >= 0.3 is 0 Å². The van der Waals surface area contributed by atoms with Crippen LogP contribution < -0.4 is 15.4 Å². The van der Waals surface area contributed by atoms with Gasteiger partial charge in [-0.3, -0.25) is 0 Å². The number of halogens is 1. The van der Waals surface area contributed by atoms with E-state index in [0.717, 1.165) is 22.4 Å². The Kier molecular flexibility index (Phi) is 5.55. The summed E-state index contributed by atoms with van der Waals surface area (Å²) in [4.78, 5) is 9.41. The lowest BCUT2D eigenvalue weighted by molar-refractivity contribution is 0.410. The van der Waals surface area contributed by atoms with Crippen LogP contribution in [0.3, 0.4) is 0 Å². The lowest BCUT2D eigenvalue weighted by Gasteiger charge is -2.12. The molecule has 5 aromatic rings. The summed E-state index contributed by atoms with van der Waals surface area (Å²) in [6, 6.07) is 23.7. The lowest BCUT2D eigenvalue weighted by atomic mass is 10.2. The van der Waals surface area contributed by atoms with Crippen molar-refractivity contribution in [3.05, 3.63) is 96.4 Å². The summed E-state index contributed by atoms with van der Waals surface area (Å²) in [5.41, 5.74) is 3.21. The second-order valence-electron chi connectivity index (χ2n) is 7.32. The van der Waals surface area contributed by atoms with Crippen molar-refractivity contribution in [2.45, 2.75) is 6.54 Å². The molecule has 7 nitrogen and oxygen atoms in total. The highest BCUT2D eigenvalue weighted by Gasteiger charge is 2.15. The number of anilines is 3. The number of rotatable bonds is 7. The molecule has 8 heteroatoms. The molecule has 0 saturated carbocycles. The number of ether oxygens (including phenoxy) is 1. The Labute approximate surface area is 189 Å². The topological polar surface area (TPSA) is 76.9 Å². The van der Waals surface area contributed by atoms with Gasteiger partial charge in [-0.1, -0.05) is 36.4 Å². The Morgan fingerprint density at radius 3 is 2.45 bits per heavy atom. The van der Waals surface area contributed by atoms with Crippen LogP contribution in [-0.2, 0) is 6.54 Å². The number of hydrogen-bond donors (Lipinski definition) is 2. The number of methoxy groups -OCH3 is 1. The van der Waals surface area contributed by atoms with Crippen molar-refractivity contribution in [2.75, 3.05) is 17.7 Å². The van der Waals surface area contributed by atoms with E-state index < -0.39 is 0 Å². The molecule has 0 aliphatic rings. The van der Waals surface area contributed by atoms with E-state index in [-0.39, 0.29) is 5.82 Å². The van der Waals surface area contributed by atoms with Crippen molar-refractivity contribution in [1.29, 1.82) is 0 Å². The van der Waals surface area contributed by atoms with E-state index >= 15 is 0 Å². The van der Waals surface area contributed by atoms with Crippen LogP contribution in [0.15, 0.2) is 85.1 Å². The largest absolute Gasteiger partial charge is 0.496 e. The molecule has 2 aromatic heterocycles. The van der Waals surface area contributed by atoms with Crippen molar-refractivity contribution in [2.24, 2.45) is 0 Å². The predicted molar refractivity (Wildman–Crippen MR) is 127 cm³/mol. The Balaban J connectivity index is 1.55. The van der Waals surface area contributed by atoms with E-state index in [1.165, 1.54) is 12.1 Å². The summed E-state index contributed by atoms with van der Waals surface area (Å²) in [5.74, 6) is 1.47. The molecule has 33 heavy (non-hydrogen) atoms. The van der Waals surface area contributed by atoms with E-state index in [9.17, 15) is 4.39 Å². The molecule has 2 heterocycles. The summed E-state index contributed by atoms with van der Waals surface area (Å²) in [6.07, 6.45) is 1.72. The minimum atomic E-state index is -0.301. The number of para-hydroxylation sites is 2. The van der Waals surface area contributed by atoms with Gasteiger partial charge in [0.2, 0.25) is 5.95 Å². The Bertz CT molecular complexity index is 1390. The molecule has 3 aromatic carbocycles. The molecule has 0 unspecified atom stereocenters. The first-order chi connectivity index (χ1) is 16.2. The maximum Gasteiger partial charge on any atom is 0.227 e. The van der Waals surface area contributed by atoms with Gasteiger partial charge in [0, 0.05) is 17.8 Å². The van der Waals surface area contributed by atoms with Gasteiger partial charge in [0.1, 0.15) is 17.4 Å². The second kappa shape index (κ2) is 8.96. The average Bonchev–Trinajstić information content (AvgIpc) is 3.29. The number of hydrogen-bond acceptors (Lipinski definition) is 6. The molecule has 0 saturated heterocycles. The molecule has 164 valence electrons. The summed E-state index contributed by atoms with van der Waals surface area (Å²) in [6.45, 7) is 0.477. The SMILES string of the molecule is COc1ccccc1CNc1nc(Nc2ccc(F)cc2)c2cnn(-c3ccccc3)c2n1. The normalized spacial score (nSPS) is 10.8. The Hall–Kier alpha value is -4.46. The van der Waals surface area contributed by atoms with E-state index in [1.807, 2.05) is 54.6 Å². The maximum absolute atomic E-state index is 13.4. The quantitative estimate of drug-likeness (QED) is 0.357. The number of fused-ring (bicyclic) bond motifs is 1. The monoisotopic (exact) mass is 440 g/mol. The Morgan fingerprint density at radius 2 is 1.67 bits per heavy atom. The van der Waals surface area contributed by atoms with Crippen LogP contribution in [0.2, 0.25) is 0 Å². The zero-order chi connectivity index (χ0) is 22.6. The third-order valence-corrected chi connectivity index (χ3v) is 5.17. The van der Waals surface area contributed by atoms with Gasteiger partial charge in [0.05, 0.1) is 24.4 Å². The standard InChI is InChI=1S/C25H21FN6O/c1-33-22-10-6-5-7-17(22)15-27-25-30-23(29-19-13-11-18(26)12-14-19)21-16-28-32(24(21)31-25)20-8-3-2-4-9-20/h2-14,16H,15H2,1H3,(H2,27,29,30,31). The first-order valence-electron chi connectivity index (χ1n) is 10.4. The smallest absolute Gasteiger partial charge is 0.227 e. The molecule has 0 amide bonds. The minimum Gasteiger partial charge on any atom is -0.496 e. The number of nitrogens with zero attached hydrogens (tertiary/aromatic N) is 4. The van der Waals surface area contributed by atoms with Gasteiger partial charge in [-0.2, -0.15) is 15.1 Å². The van der Waals surface area contributed by atoms with Gasteiger partial charge in [-0.05, 0) is 42.5 Å². The lowest BCUT2D eigenvalue weighted by Crippen LogP contribution is -2.08. The zero-order valence-electron chi connectivity index (χ0n) is 17.9. The average molecular weight is 440 g/mol. The molecule has 0 spiro atoms. The zero-order valence-corrected chi connectivity index (χ0v) is 17.9. The van der Waals surface area contributed by atoms with E-state index in [1.54, 1.807) is 30.1 Å². The van der Waals surface area contributed by atoms with Crippen molar-refractivity contribution in [3.8, 4) is 11.4 Å². The van der Waals surface area contributed by atoms with Crippen LogP contribution in [-0.4, -0.2) is 26.9 Å². The van der Waals surface area contributed by atoms with Crippen LogP contribution in [0.25, 0.3) is 16.7 Å². The highest BCUT2D eigenvalue weighted by atomic mass is 19.1. The van der Waals surface area contributed by atoms with Crippen LogP contribution in [0.5, 0.6) is 5.75 Å². The molecule has 2 N–H and O–H groups in total. The first kappa shape index (κ1) is 20.4. The third kappa shape index (κ3) is 4.31. The van der Waals surface area contributed by atoms with E-state index in [0.29, 0.717) is 29.6 Å². The van der Waals surface area contributed by atoms with Gasteiger partial charge in [0.25, 0.3) is 0 Å². The molecular formula is C25H21FN6O. The third-order valence-electron chi connectivity index (χ3n) is 5.17. The minimum absolute atomic E-state index is 0.301. The number of benzene rings is 3. The molecule has 0 aliphatic heterocycles. The Morgan fingerprint density at radius 1 is 0.909 bits per heavy atom. The van der Waals surface area contributed by atoms with Crippen LogP contribution in [0.1, 0.15) is 5.56 Å². The fourth-order valence-electron chi connectivity index (χ4n) is 3.53. The summed E-state index contributed by atoms with van der Waals surface area (Å²) in [7, 11) is 1.64. The number of aromatic nitrogens is 4. The molecule has 0 atom stereocenters. The summed E-state index contributed by atoms with van der Waals surface area (Å²) in [5, 5.41) is 11.8. The maximum atomic E-state index is 13.4. The molecule has 0 radical (unpaired) electrons. The molecule has 0 bridgehead atoms. The molecule has 0 aliphatic carbocycles. The van der Waals surface area contributed by atoms with Gasteiger partial charge in [0.15, 0.2) is 5.65 Å². The van der Waals surface area contributed by atoms with Crippen molar-refractivity contribution < 1.29 is 9.13 Å². The van der Waals surface area contributed by atoms with Crippen molar-refractivity contribution >= 4 is 28.5 Å². The molecule has 0 fully saturated rings. The summed E-state index contributed by atoms with van der Waals surface area (Å²) >= 11 is 0. The van der Waals surface area contributed by atoms with E-state index in [4.69, 9.17) is 9.72 Å². The molecular weight excluding hydrogens is 419 g/mol. The van der Waals surface area contributed by atoms with Crippen LogP contribution >= 0.6 is 0 Å². The van der Waals surface area contributed by atoms with Crippen LogP contribution in [0.4, 0.5) is 21.8 Å². The molecule has 5 rings (SSSR count). The van der Waals surface area contributed by atoms with Crippen molar-refractivity contribution in [3.63, 3.8) is 0 Å². The van der Waals surface area contributed by atoms with Gasteiger partial charge < -0.3 is 15.4 Å². The fourth-order valence-corrected chi connectivity index (χ4v) is 3.53. The fraction of sp³-hybridized carbons (Fsp3) is 0.0800. The van der Waals surface area contributed by atoms with Crippen LogP contribution in [0, 0.1) is 5.82 Å². The number of nitrogens with one attached hydrogen (secondary N) is 2. The highest BCUT2D eigenvalue weighted by Crippen LogP contribution is 2.27. The van der Waals surface area contributed by atoms with Crippen molar-refractivity contribution in [1.82, 2.24) is 19.7 Å². The second-order valence-corrected chi connectivity index (χ2v) is 7.32. The van der Waals surface area contributed by atoms with Gasteiger partial charge in [-0.15, -0.1) is 0 Å². The summed E-state index contributed by atoms with van der Waals surface area (Å²) < 4.78 is 20.6. The van der Waals surface area contributed by atoms with E-state index in [2.05, 4.69) is 20.7 Å². The highest BCUT2D eigenvalue weighted by molar-refractivity contribution is 5.90.